The van der Waals surface area contributed by atoms with Crippen molar-refractivity contribution in [2.75, 3.05) is 11.1 Å². The van der Waals surface area contributed by atoms with E-state index in [1.807, 2.05) is 0 Å². The van der Waals surface area contributed by atoms with Crippen molar-refractivity contribution in [3.8, 4) is 6.07 Å². The number of carbonyl (C=O) groups excluding carboxylic acids is 1. The summed E-state index contributed by atoms with van der Waals surface area (Å²) in [6.07, 6.45) is 1.47. The Kier molecular flexibility index (Phi) is 4.04. The van der Waals surface area contributed by atoms with Crippen molar-refractivity contribution in [1.29, 1.82) is 5.26 Å². The number of carbonyl (C=O) groups is 1. The van der Waals surface area contributed by atoms with Crippen LogP contribution in [0.1, 0.15) is 24.8 Å². The number of amides is 1. The molecule has 1 aliphatic rings. The smallest absolute Gasteiger partial charge is 0.242 e. The van der Waals surface area contributed by atoms with Gasteiger partial charge in [-0.15, -0.1) is 0 Å². The molecule has 1 unspecified atom stereocenters. The number of nitriles is 1. The highest BCUT2D eigenvalue weighted by Crippen LogP contribution is 2.22. The number of nitrogens with zero attached hydrogens (tertiary/aromatic N) is 1. The average molecular weight is 296 g/mol. The number of anilines is 1. The Balaban J connectivity index is 2.18. The first kappa shape index (κ1) is 14.5. The van der Waals surface area contributed by atoms with Crippen LogP contribution in [0.15, 0.2) is 18.2 Å². The van der Waals surface area contributed by atoms with Crippen LogP contribution in [0.4, 0.5) is 10.1 Å². The van der Waals surface area contributed by atoms with Crippen LogP contribution in [0.25, 0.3) is 0 Å². The first-order valence-corrected chi connectivity index (χ1v) is 7.87. The second kappa shape index (κ2) is 5.59. The molecule has 0 radical (unpaired) electrons. The molecule has 2 rings (SSSR count). The summed E-state index contributed by atoms with van der Waals surface area (Å²) in [6, 6.07) is 5.37. The van der Waals surface area contributed by atoms with Gasteiger partial charge in [0.25, 0.3) is 0 Å². The predicted octanol–water partition coefficient (Wildman–Crippen LogP) is 1.60. The van der Waals surface area contributed by atoms with Crippen LogP contribution in [0.3, 0.4) is 0 Å². The number of hydrogen-bond acceptors (Lipinski definition) is 4. The first-order valence-electron chi connectivity index (χ1n) is 6.16. The molecule has 1 aromatic carbocycles. The lowest BCUT2D eigenvalue weighted by Gasteiger charge is -2.21. The van der Waals surface area contributed by atoms with E-state index in [-0.39, 0.29) is 23.4 Å². The van der Waals surface area contributed by atoms with Gasteiger partial charge in [-0.25, -0.2) is 12.8 Å². The largest absolute Gasteiger partial charge is 0.322 e. The third-order valence-corrected chi connectivity index (χ3v) is 5.40. The highest BCUT2D eigenvalue weighted by Gasteiger charge is 2.35. The topological polar surface area (TPSA) is 87.0 Å². The molecular weight excluding hydrogens is 283 g/mol. The maximum absolute atomic E-state index is 13.6. The van der Waals surface area contributed by atoms with Crippen LogP contribution in [0.2, 0.25) is 0 Å². The number of sulfone groups is 1. The van der Waals surface area contributed by atoms with Gasteiger partial charge in [-0.05, 0) is 31.0 Å². The van der Waals surface area contributed by atoms with E-state index in [4.69, 9.17) is 5.26 Å². The van der Waals surface area contributed by atoms with Gasteiger partial charge in [0.05, 0.1) is 23.1 Å². The molecule has 20 heavy (non-hydrogen) atoms. The highest BCUT2D eigenvalue weighted by molar-refractivity contribution is 7.92. The third kappa shape index (κ3) is 2.96. The molecule has 1 heterocycles. The summed E-state index contributed by atoms with van der Waals surface area (Å²) in [4.78, 5) is 12.0. The lowest BCUT2D eigenvalue weighted by molar-refractivity contribution is -0.116. The first-order chi connectivity index (χ1) is 9.44. The molecule has 1 atom stereocenters. The van der Waals surface area contributed by atoms with Crippen LogP contribution in [0, 0.1) is 17.1 Å². The van der Waals surface area contributed by atoms with E-state index in [2.05, 4.69) is 5.32 Å². The van der Waals surface area contributed by atoms with Crippen molar-refractivity contribution < 1.29 is 17.6 Å². The second-order valence-corrected chi connectivity index (χ2v) is 6.95. The molecule has 0 saturated carbocycles. The Hall–Kier alpha value is -1.94. The van der Waals surface area contributed by atoms with Crippen LogP contribution in [-0.4, -0.2) is 25.3 Å². The maximum Gasteiger partial charge on any atom is 0.242 e. The molecule has 1 N–H and O–H groups in total. The Morgan fingerprint density at radius 2 is 2.15 bits per heavy atom. The molecule has 0 aliphatic carbocycles. The van der Waals surface area contributed by atoms with Crippen molar-refractivity contribution in [2.45, 2.75) is 24.5 Å². The molecule has 1 fully saturated rings. The fourth-order valence-electron chi connectivity index (χ4n) is 2.15. The van der Waals surface area contributed by atoms with Crippen LogP contribution < -0.4 is 5.32 Å². The highest BCUT2D eigenvalue weighted by atomic mass is 32.2. The minimum absolute atomic E-state index is 0.0130. The van der Waals surface area contributed by atoms with Crippen molar-refractivity contribution in [3.05, 3.63) is 29.6 Å². The molecule has 1 aromatic rings. The van der Waals surface area contributed by atoms with E-state index in [0.717, 1.165) is 6.07 Å². The maximum atomic E-state index is 13.6. The Bertz CT molecular complexity index is 679. The Morgan fingerprint density at radius 1 is 1.40 bits per heavy atom. The van der Waals surface area contributed by atoms with Crippen molar-refractivity contribution in [2.24, 2.45) is 0 Å². The summed E-state index contributed by atoms with van der Waals surface area (Å²) in [5.41, 5.74) is 0.0144. The van der Waals surface area contributed by atoms with Gasteiger partial charge in [-0.1, -0.05) is 6.42 Å². The molecular formula is C13H13FN2O3S. The average Bonchev–Trinajstić information content (AvgIpc) is 2.40. The van der Waals surface area contributed by atoms with Crippen molar-refractivity contribution in [3.63, 3.8) is 0 Å². The minimum atomic E-state index is -3.46. The molecule has 0 bridgehead atoms. The number of benzene rings is 1. The van der Waals surface area contributed by atoms with E-state index >= 15 is 0 Å². The Labute approximate surface area is 116 Å². The molecule has 0 aromatic heterocycles. The van der Waals surface area contributed by atoms with Gasteiger partial charge in [-0.3, -0.25) is 4.79 Å². The van der Waals surface area contributed by atoms with E-state index in [1.165, 1.54) is 12.1 Å². The van der Waals surface area contributed by atoms with Gasteiger partial charge in [0.15, 0.2) is 9.84 Å². The summed E-state index contributed by atoms with van der Waals surface area (Å²) < 4.78 is 37.2. The monoisotopic (exact) mass is 296 g/mol. The SMILES string of the molecule is N#Cc1ccc(NC(=O)C2CCCCS2(=O)=O)c(F)c1. The normalized spacial score (nSPS) is 20.9. The number of rotatable bonds is 2. The number of halogens is 1. The number of nitrogens with one attached hydrogen (secondary N) is 1. The summed E-state index contributed by atoms with van der Waals surface area (Å²) in [6.45, 7) is 0. The van der Waals surface area contributed by atoms with Crippen LogP contribution in [0.5, 0.6) is 0 Å². The Morgan fingerprint density at radius 3 is 2.75 bits per heavy atom. The third-order valence-electron chi connectivity index (χ3n) is 3.23. The zero-order valence-electron chi connectivity index (χ0n) is 10.6. The lowest BCUT2D eigenvalue weighted by Crippen LogP contribution is -2.39. The number of hydrogen-bond donors (Lipinski definition) is 1. The van der Waals surface area contributed by atoms with E-state index in [0.29, 0.717) is 12.8 Å². The van der Waals surface area contributed by atoms with Gasteiger partial charge in [-0.2, -0.15) is 5.26 Å². The van der Waals surface area contributed by atoms with Crippen molar-refractivity contribution in [1.82, 2.24) is 0 Å². The molecule has 1 aliphatic heterocycles. The summed E-state index contributed by atoms with van der Waals surface area (Å²) in [7, 11) is -3.46. The van der Waals surface area contributed by atoms with E-state index < -0.39 is 26.8 Å². The minimum Gasteiger partial charge on any atom is -0.322 e. The van der Waals surface area contributed by atoms with Crippen LogP contribution >= 0.6 is 0 Å². The molecule has 1 saturated heterocycles. The lowest BCUT2D eigenvalue weighted by atomic mass is 10.1. The molecule has 106 valence electrons. The van der Waals surface area contributed by atoms with Crippen molar-refractivity contribution >= 4 is 21.4 Å². The van der Waals surface area contributed by atoms with Gasteiger partial charge in [0.2, 0.25) is 5.91 Å². The summed E-state index contributed by atoms with van der Waals surface area (Å²) in [5, 5.41) is 9.79. The van der Waals surface area contributed by atoms with Crippen LogP contribution in [-0.2, 0) is 14.6 Å². The summed E-state index contributed by atoms with van der Waals surface area (Å²) in [5.74, 6) is -1.49. The summed E-state index contributed by atoms with van der Waals surface area (Å²) >= 11 is 0. The molecule has 5 nitrogen and oxygen atoms in total. The molecule has 0 spiro atoms. The van der Waals surface area contributed by atoms with E-state index in [1.54, 1.807) is 6.07 Å². The van der Waals surface area contributed by atoms with Gasteiger partial charge in [0.1, 0.15) is 11.1 Å². The fraction of sp³-hybridized carbons (Fsp3) is 0.385. The predicted molar refractivity (Wildman–Crippen MR) is 71.2 cm³/mol. The van der Waals surface area contributed by atoms with Gasteiger partial charge >= 0.3 is 0 Å². The molecule has 1 amide bonds. The second-order valence-electron chi connectivity index (χ2n) is 4.65. The zero-order chi connectivity index (χ0) is 14.8. The fourth-order valence-corrected chi connectivity index (χ4v) is 3.95. The van der Waals surface area contributed by atoms with Gasteiger partial charge < -0.3 is 5.32 Å². The molecule has 7 heteroatoms. The quantitative estimate of drug-likeness (QED) is 0.898. The van der Waals surface area contributed by atoms with E-state index in [9.17, 15) is 17.6 Å². The zero-order valence-corrected chi connectivity index (χ0v) is 11.4. The standard InChI is InChI=1S/C13H13FN2O3S/c14-10-7-9(8-15)4-5-11(10)16-13(17)12-3-1-2-6-20(12,18)19/h4-5,7,12H,1-3,6H2,(H,16,17). The van der Waals surface area contributed by atoms with Gasteiger partial charge in [0, 0.05) is 0 Å².